The van der Waals surface area contributed by atoms with Gasteiger partial charge in [0.15, 0.2) is 5.16 Å². The Morgan fingerprint density at radius 3 is 2.27 bits per heavy atom. The zero-order valence-corrected chi connectivity index (χ0v) is 22.0. The number of aliphatic carboxylic acids is 1. The van der Waals surface area contributed by atoms with Gasteiger partial charge in [-0.25, -0.2) is 4.79 Å². The highest BCUT2D eigenvalue weighted by atomic mass is 79.9. The fourth-order valence-corrected chi connectivity index (χ4v) is 5.15. The van der Waals surface area contributed by atoms with Crippen LogP contribution < -0.4 is 5.32 Å². The number of nitrogens with one attached hydrogen (secondary N) is 1. The molecule has 1 heterocycles. The van der Waals surface area contributed by atoms with E-state index in [1.807, 2.05) is 22.8 Å². The van der Waals surface area contributed by atoms with Gasteiger partial charge in [-0.2, -0.15) is 0 Å². The number of amides is 1. The van der Waals surface area contributed by atoms with Gasteiger partial charge in [-0.05, 0) is 58.6 Å². The molecule has 1 atom stereocenters. The SMILES string of the molecule is CC(C)c1ccc(-n2c(Br)nnc2SC(C)(C)C(=O)NC(C(=O)O)C(C)C)c2ccccc12. The molecule has 1 amide bonds. The Labute approximate surface area is 206 Å². The van der Waals surface area contributed by atoms with Crippen LogP contribution in [0.2, 0.25) is 0 Å². The smallest absolute Gasteiger partial charge is 0.326 e. The summed E-state index contributed by atoms with van der Waals surface area (Å²) in [5, 5.41) is 23.4. The van der Waals surface area contributed by atoms with Gasteiger partial charge < -0.3 is 10.4 Å². The molecule has 1 aromatic heterocycles. The van der Waals surface area contributed by atoms with Gasteiger partial charge in [-0.3, -0.25) is 9.36 Å². The van der Waals surface area contributed by atoms with E-state index in [1.165, 1.54) is 17.3 Å². The molecule has 0 bridgehead atoms. The average molecular weight is 533 g/mol. The summed E-state index contributed by atoms with van der Waals surface area (Å²) in [4.78, 5) is 24.6. The standard InChI is InChI=1S/C24H29BrN4O3S/c1-13(2)15-11-12-18(17-10-8-7-9-16(15)17)29-22(25)27-28-23(29)33-24(5,6)21(32)26-19(14(3)4)20(30)31/h7-14,19H,1-6H3,(H,26,32)(H,30,31). The fourth-order valence-electron chi connectivity index (χ4n) is 3.63. The van der Waals surface area contributed by atoms with Gasteiger partial charge in [0.2, 0.25) is 10.6 Å². The summed E-state index contributed by atoms with van der Waals surface area (Å²) in [6, 6.07) is 11.4. The van der Waals surface area contributed by atoms with Gasteiger partial charge in [0.1, 0.15) is 6.04 Å². The van der Waals surface area contributed by atoms with E-state index in [1.54, 1.807) is 27.7 Å². The molecule has 0 aliphatic rings. The largest absolute Gasteiger partial charge is 0.480 e. The van der Waals surface area contributed by atoms with Crippen LogP contribution in [-0.4, -0.2) is 42.5 Å². The number of rotatable bonds is 8. The molecular formula is C24H29BrN4O3S. The van der Waals surface area contributed by atoms with Crippen LogP contribution in [0.25, 0.3) is 16.5 Å². The zero-order valence-electron chi connectivity index (χ0n) is 19.6. The maximum Gasteiger partial charge on any atom is 0.326 e. The van der Waals surface area contributed by atoms with E-state index in [9.17, 15) is 14.7 Å². The first-order chi connectivity index (χ1) is 15.4. The van der Waals surface area contributed by atoms with Crippen LogP contribution in [0.3, 0.4) is 0 Å². The van der Waals surface area contributed by atoms with Gasteiger partial charge in [0.05, 0.1) is 10.4 Å². The molecule has 2 aromatic carbocycles. The van der Waals surface area contributed by atoms with Crippen LogP contribution in [0.5, 0.6) is 0 Å². The number of halogens is 1. The minimum atomic E-state index is -1.05. The molecule has 3 rings (SSSR count). The van der Waals surface area contributed by atoms with Crippen molar-refractivity contribution in [2.45, 2.75) is 63.4 Å². The lowest BCUT2D eigenvalue weighted by atomic mass is 9.95. The molecule has 0 spiro atoms. The van der Waals surface area contributed by atoms with Crippen molar-refractivity contribution < 1.29 is 14.7 Å². The predicted octanol–water partition coefficient (Wildman–Crippen LogP) is 5.40. The molecule has 0 radical (unpaired) electrons. The van der Waals surface area contributed by atoms with Crippen LogP contribution in [-0.2, 0) is 9.59 Å². The number of carboxylic acids is 1. The average Bonchev–Trinajstić information content (AvgIpc) is 3.09. The van der Waals surface area contributed by atoms with Crippen molar-refractivity contribution in [3.63, 3.8) is 0 Å². The highest BCUT2D eigenvalue weighted by molar-refractivity contribution is 9.10. The van der Waals surface area contributed by atoms with Gasteiger partial charge in [0.25, 0.3) is 0 Å². The van der Waals surface area contributed by atoms with E-state index in [4.69, 9.17) is 0 Å². The number of fused-ring (bicyclic) bond motifs is 1. The molecule has 0 saturated heterocycles. The minimum Gasteiger partial charge on any atom is -0.480 e. The molecule has 0 aliphatic carbocycles. The summed E-state index contributed by atoms with van der Waals surface area (Å²) >= 11 is 4.74. The zero-order chi connectivity index (χ0) is 24.5. The molecule has 33 heavy (non-hydrogen) atoms. The predicted molar refractivity (Wildman–Crippen MR) is 135 cm³/mol. The Morgan fingerprint density at radius 1 is 1.06 bits per heavy atom. The number of benzene rings is 2. The molecule has 0 saturated carbocycles. The lowest BCUT2D eigenvalue weighted by Gasteiger charge is -2.26. The molecule has 0 fully saturated rings. The molecule has 1 unspecified atom stereocenters. The number of hydrogen-bond acceptors (Lipinski definition) is 5. The number of thioether (sulfide) groups is 1. The van der Waals surface area contributed by atoms with Crippen LogP contribution in [0.15, 0.2) is 46.3 Å². The monoisotopic (exact) mass is 532 g/mol. The molecule has 176 valence electrons. The first-order valence-corrected chi connectivity index (χ1v) is 12.4. The molecule has 3 aromatic rings. The molecular weight excluding hydrogens is 504 g/mol. The van der Waals surface area contributed by atoms with Gasteiger partial charge in [-0.1, -0.05) is 69.8 Å². The number of nitrogens with zero attached hydrogens (tertiary/aromatic N) is 3. The van der Waals surface area contributed by atoms with Crippen LogP contribution in [0.4, 0.5) is 0 Å². The molecule has 9 heteroatoms. The summed E-state index contributed by atoms with van der Waals surface area (Å²) < 4.78 is 1.42. The number of carbonyl (C=O) groups excluding carboxylic acids is 1. The van der Waals surface area contributed by atoms with Crippen LogP contribution in [0, 0.1) is 5.92 Å². The van der Waals surface area contributed by atoms with Crippen molar-refractivity contribution in [1.82, 2.24) is 20.1 Å². The van der Waals surface area contributed by atoms with E-state index in [0.29, 0.717) is 15.8 Å². The maximum atomic E-state index is 13.0. The Hall–Kier alpha value is -2.39. The summed E-state index contributed by atoms with van der Waals surface area (Å²) in [5.41, 5.74) is 2.15. The van der Waals surface area contributed by atoms with Gasteiger partial charge >= 0.3 is 5.97 Å². The van der Waals surface area contributed by atoms with Crippen molar-refractivity contribution in [1.29, 1.82) is 0 Å². The van der Waals surface area contributed by atoms with Gasteiger partial charge in [-0.15, -0.1) is 10.2 Å². The van der Waals surface area contributed by atoms with Crippen molar-refractivity contribution in [3.8, 4) is 5.69 Å². The summed E-state index contributed by atoms with van der Waals surface area (Å²) in [7, 11) is 0. The summed E-state index contributed by atoms with van der Waals surface area (Å²) in [5.74, 6) is -1.30. The van der Waals surface area contributed by atoms with E-state index >= 15 is 0 Å². The Bertz CT molecular complexity index is 1190. The number of carbonyl (C=O) groups is 2. The Balaban J connectivity index is 2.01. The second kappa shape index (κ2) is 9.85. The Kier molecular flexibility index (Phi) is 7.53. The van der Waals surface area contributed by atoms with Crippen LogP contribution >= 0.6 is 27.7 Å². The maximum absolute atomic E-state index is 13.0. The topological polar surface area (TPSA) is 97.1 Å². The highest BCUT2D eigenvalue weighted by Gasteiger charge is 2.35. The highest BCUT2D eigenvalue weighted by Crippen LogP contribution is 2.37. The van der Waals surface area contributed by atoms with Crippen LogP contribution in [0.1, 0.15) is 53.0 Å². The first-order valence-electron chi connectivity index (χ1n) is 10.8. The van der Waals surface area contributed by atoms with E-state index in [0.717, 1.165) is 16.5 Å². The third-order valence-corrected chi connectivity index (χ3v) is 7.16. The third kappa shape index (κ3) is 5.24. The number of aromatic nitrogens is 3. The lowest BCUT2D eigenvalue weighted by Crippen LogP contribution is -2.50. The van der Waals surface area contributed by atoms with Crippen molar-refractivity contribution in [2.24, 2.45) is 5.92 Å². The number of carboxylic acid groups (broad SMARTS) is 1. The quantitative estimate of drug-likeness (QED) is 0.377. The number of hydrogen-bond donors (Lipinski definition) is 2. The lowest BCUT2D eigenvalue weighted by molar-refractivity contribution is -0.143. The second-order valence-electron chi connectivity index (χ2n) is 9.11. The van der Waals surface area contributed by atoms with Crippen molar-refractivity contribution in [2.75, 3.05) is 0 Å². The Morgan fingerprint density at radius 2 is 1.70 bits per heavy atom. The van der Waals surface area contributed by atoms with Crippen molar-refractivity contribution in [3.05, 3.63) is 46.7 Å². The fraction of sp³-hybridized carbons (Fsp3) is 0.417. The normalized spacial score (nSPS) is 13.0. The van der Waals surface area contributed by atoms with Gasteiger partial charge in [0, 0.05) is 5.39 Å². The summed E-state index contributed by atoms with van der Waals surface area (Å²) in [6.07, 6.45) is 0. The third-order valence-electron chi connectivity index (χ3n) is 5.50. The molecule has 2 N–H and O–H groups in total. The van der Waals surface area contributed by atoms with E-state index in [2.05, 4.69) is 63.5 Å². The molecule has 0 aliphatic heterocycles. The summed E-state index contributed by atoms with van der Waals surface area (Å²) in [6.45, 7) is 11.4. The second-order valence-corrected chi connectivity index (χ2v) is 11.4. The minimum absolute atomic E-state index is 0.240. The first kappa shape index (κ1) is 25.2. The molecule has 7 nitrogen and oxygen atoms in total. The van der Waals surface area contributed by atoms with E-state index in [-0.39, 0.29) is 11.8 Å². The van der Waals surface area contributed by atoms with E-state index < -0.39 is 16.8 Å². The van der Waals surface area contributed by atoms with Crippen molar-refractivity contribution >= 4 is 50.3 Å².